The van der Waals surface area contributed by atoms with Crippen LogP contribution in [0.15, 0.2) is 54.6 Å². The van der Waals surface area contributed by atoms with Crippen molar-refractivity contribution in [3.05, 3.63) is 61.6 Å². The van der Waals surface area contributed by atoms with E-state index in [0.717, 1.165) is 0 Å². The third kappa shape index (κ3) is 1.68. The van der Waals surface area contributed by atoms with Gasteiger partial charge in [0.05, 0.1) is 0 Å². The van der Waals surface area contributed by atoms with Crippen LogP contribution >= 0.6 is 0 Å². The smallest absolute Gasteiger partial charge is 0.111 e. The molecule has 0 amide bonds. The van der Waals surface area contributed by atoms with E-state index < -0.39 is 0 Å². The van der Waals surface area contributed by atoms with Crippen LogP contribution in [0, 0.1) is 7.05 Å². The Morgan fingerprint density at radius 1 is 0.786 bits per heavy atom. The fourth-order valence-electron chi connectivity index (χ4n) is 1.56. The van der Waals surface area contributed by atoms with E-state index in [1.165, 1.54) is 16.8 Å². The van der Waals surface area contributed by atoms with Crippen molar-refractivity contribution >= 4 is 5.69 Å². The maximum Gasteiger partial charge on any atom is 0.111 e. The molecule has 0 fully saturated rings. The van der Waals surface area contributed by atoms with Gasteiger partial charge in [0.2, 0.25) is 0 Å². The molecule has 0 atom stereocenters. The van der Waals surface area contributed by atoms with Crippen molar-refractivity contribution in [3.63, 3.8) is 0 Å². The summed E-state index contributed by atoms with van der Waals surface area (Å²) in [5.41, 5.74) is 3.66. The van der Waals surface area contributed by atoms with Crippen molar-refractivity contribution in [1.82, 2.24) is 0 Å². The predicted molar refractivity (Wildman–Crippen MR) is 58.8 cm³/mol. The van der Waals surface area contributed by atoms with Gasteiger partial charge in [-0.15, -0.1) is 7.05 Å². The Morgan fingerprint density at radius 2 is 1.43 bits per heavy atom. The summed E-state index contributed by atoms with van der Waals surface area (Å²) in [6.07, 6.45) is 0. The Balaban J connectivity index is 2.51. The monoisotopic (exact) mass is 183 g/mol. The van der Waals surface area contributed by atoms with Crippen molar-refractivity contribution in [1.29, 1.82) is 0 Å². The minimum Gasteiger partial charge on any atom is -0.445 e. The lowest BCUT2D eigenvalue weighted by Crippen LogP contribution is -2.69. The highest BCUT2D eigenvalue weighted by atomic mass is 14.8. The van der Waals surface area contributed by atoms with Crippen LogP contribution < -0.4 is 5.32 Å². The summed E-state index contributed by atoms with van der Waals surface area (Å²) in [5, 5.41) is 1.89. The number of hydrogen-bond donors (Lipinski definition) is 1. The van der Waals surface area contributed by atoms with Gasteiger partial charge in [-0.2, -0.15) is 0 Å². The molecule has 2 aromatic rings. The SMILES string of the molecule is [CH2-][NH2+]c1ccccc1-c1ccccc1. The van der Waals surface area contributed by atoms with E-state index in [-0.39, 0.29) is 0 Å². The Bertz CT molecular complexity index is 407. The molecule has 2 rings (SSSR count). The molecule has 0 aromatic heterocycles. The van der Waals surface area contributed by atoms with E-state index in [1.807, 2.05) is 17.4 Å². The van der Waals surface area contributed by atoms with Gasteiger partial charge in [0.1, 0.15) is 5.69 Å². The van der Waals surface area contributed by atoms with Crippen LogP contribution in [0.3, 0.4) is 0 Å². The number of hydrogen-bond acceptors (Lipinski definition) is 0. The first-order valence-electron chi connectivity index (χ1n) is 4.68. The lowest BCUT2D eigenvalue weighted by atomic mass is 10.0. The minimum atomic E-state index is 1.18. The second kappa shape index (κ2) is 4.07. The molecule has 0 radical (unpaired) electrons. The van der Waals surface area contributed by atoms with Crippen molar-refractivity contribution in [2.45, 2.75) is 0 Å². The van der Waals surface area contributed by atoms with Crippen LogP contribution in [0.2, 0.25) is 0 Å². The van der Waals surface area contributed by atoms with Crippen molar-refractivity contribution in [2.24, 2.45) is 0 Å². The molecule has 0 spiro atoms. The number of para-hydroxylation sites is 1. The Hall–Kier alpha value is -1.60. The first-order valence-corrected chi connectivity index (χ1v) is 4.68. The van der Waals surface area contributed by atoms with E-state index in [2.05, 4.69) is 49.5 Å². The number of quaternary nitrogens is 1. The van der Waals surface area contributed by atoms with Gasteiger partial charge in [0, 0.05) is 5.56 Å². The second-order valence-electron chi connectivity index (χ2n) is 3.16. The fourth-order valence-corrected chi connectivity index (χ4v) is 1.56. The standard InChI is InChI=1S/C13H13N/c1-14-13-10-6-5-9-12(13)11-7-3-2-4-8-11/h2-10H,1,14H2. The molecular weight excluding hydrogens is 170 g/mol. The summed E-state index contributed by atoms with van der Waals surface area (Å²) in [6.45, 7) is 0. The van der Waals surface area contributed by atoms with Crippen LogP contribution in [-0.4, -0.2) is 0 Å². The van der Waals surface area contributed by atoms with Gasteiger partial charge in [0.15, 0.2) is 0 Å². The lowest BCUT2D eigenvalue weighted by molar-refractivity contribution is -0.504. The summed E-state index contributed by atoms with van der Waals surface area (Å²) in [5.74, 6) is 0. The van der Waals surface area contributed by atoms with Gasteiger partial charge >= 0.3 is 0 Å². The third-order valence-electron chi connectivity index (χ3n) is 2.27. The van der Waals surface area contributed by atoms with Crippen molar-refractivity contribution < 1.29 is 5.32 Å². The van der Waals surface area contributed by atoms with Crippen molar-refractivity contribution in [2.75, 3.05) is 0 Å². The largest absolute Gasteiger partial charge is 0.445 e. The molecule has 0 aliphatic rings. The van der Waals surface area contributed by atoms with Gasteiger partial charge in [0.25, 0.3) is 0 Å². The van der Waals surface area contributed by atoms with Crippen LogP contribution in [-0.2, 0) is 0 Å². The third-order valence-corrected chi connectivity index (χ3v) is 2.27. The second-order valence-corrected chi connectivity index (χ2v) is 3.16. The summed E-state index contributed by atoms with van der Waals surface area (Å²) >= 11 is 0. The molecule has 0 bridgehead atoms. The Labute approximate surface area is 84.4 Å². The number of rotatable bonds is 2. The van der Waals surface area contributed by atoms with Crippen molar-refractivity contribution in [3.8, 4) is 11.1 Å². The molecule has 14 heavy (non-hydrogen) atoms. The van der Waals surface area contributed by atoms with E-state index >= 15 is 0 Å². The highest BCUT2D eigenvalue weighted by Crippen LogP contribution is 2.23. The zero-order valence-corrected chi connectivity index (χ0v) is 7.98. The van der Waals surface area contributed by atoms with Gasteiger partial charge in [-0.3, -0.25) is 0 Å². The molecule has 2 N–H and O–H groups in total. The van der Waals surface area contributed by atoms with Crippen LogP contribution in [0.25, 0.3) is 11.1 Å². The molecule has 70 valence electrons. The van der Waals surface area contributed by atoms with Crippen LogP contribution in [0.5, 0.6) is 0 Å². The Morgan fingerprint density at radius 3 is 2.14 bits per heavy atom. The maximum absolute atomic E-state index is 3.82. The topological polar surface area (TPSA) is 16.6 Å². The average Bonchev–Trinajstić information content (AvgIpc) is 2.30. The van der Waals surface area contributed by atoms with Gasteiger partial charge in [-0.1, -0.05) is 42.5 Å². The molecule has 0 aliphatic carbocycles. The highest BCUT2D eigenvalue weighted by Gasteiger charge is 2.02. The van der Waals surface area contributed by atoms with Crippen LogP contribution in [0.4, 0.5) is 5.69 Å². The van der Waals surface area contributed by atoms with E-state index in [9.17, 15) is 0 Å². The summed E-state index contributed by atoms with van der Waals surface area (Å²) in [7, 11) is 3.82. The van der Waals surface area contributed by atoms with E-state index in [0.29, 0.717) is 0 Å². The molecule has 1 nitrogen and oxygen atoms in total. The minimum absolute atomic E-state index is 1.18. The summed E-state index contributed by atoms with van der Waals surface area (Å²) in [6, 6.07) is 18.6. The van der Waals surface area contributed by atoms with Crippen LogP contribution in [0.1, 0.15) is 0 Å². The summed E-state index contributed by atoms with van der Waals surface area (Å²) in [4.78, 5) is 0. The average molecular weight is 183 g/mol. The molecule has 2 aromatic carbocycles. The number of nitrogens with two attached hydrogens (primary N) is 1. The lowest BCUT2D eigenvalue weighted by Gasteiger charge is -2.07. The quantitative estimate of drug-likeness (QED) is 0.543. The maximum atomic E-state index is 3.82. The fraction of sp³-hybridized carbons (Fsp3) is 0. The van der Waals surface area contributed by atoms with E-state index in [1.54, 1.807) is 0 Å². The van der Waals surface area contributed by atoms with Gasteiger partial charge in [-0.05, 0) is 17.7 Å². The molecule has 0 heterocycles. The zero-order chi connectivity index (χ0) is 9.80. The molecule has 0 saturated carbocycles. The molecule has 0 aliphatic heterocycles. The zero-order valence-electron chi connectivity index (χ0n) is 7.98. The first-order chi connectivity index (χ1) is 6.92. The molecular formula is C13H13N. The normalized spacial score (nSPS) is 10.1. The highest BCUT2D eigenvalue weighted by molar-refractivity contribution is 5.72. The van der Waals surface area contributed by atoms with Gasteiger partial charge < -0.3 is 5.32 Å². The molecule has 0 saturated heterocycles. The Kier molecular flexibility index (Phi) is 2.61. The summed E-state index contributed by atoms with van der Waals surface area (Å²) < 4.78 is 0. The molecule has 1 heteroatoms. The van der Waals surface area contributed by atoms with E-state index in [4.69, 9.17) is 0 Å². The molecule has 0 unspecified atom stereocenters. The predicted octanol–water partition coefficient (Wildman–Crippen LogP) is 2.34. The first kappa shape index (κ1) is 8.97. The number of benzene rings is 2. The van der Waals surface area contributed by atoms with Gasteiger partial charge in [-0.25, -0.2) is 0 Å².